The predicted octanol–water partition coefficient (Wildman–Crippen LogP) is 4.15. The van der Waals surface area contributed by atoms with E-state index >= 15 is 0 Å². The maximum atomic E-state index is 10.9. The largest absolute Gasteiger partial charge is 0.485 e. The molecule has 29 heavy (non-hydrogen) atoms. The first-order valence-corrected chi connectivity index (χ1v) is 10.6. The van der Waals surface area contributed by atoms with Crippen molar-refractivity contribution in [2.24, 2.45) is 0 Å². The molecule has 2 aliphatic rings. The van der Waals surface area contributed by atoms with Crippen molar-refractivity contribution in [1.29, 1.82) is 5.26 Å². The zero-order chi connectivity index (χ0) is 20.6. The van der Waals surface area contributed by atoms with Crippen molar-refractivity contribution >= 4 is 28.2 Å². The summed E-state index contributed by atoms with van der Waals surface area (Å²) in [5.41, 5.74) is 2.05. The number of aromatic nitrogens is 2. The predicted molar refractivity (Wildman–Crippen MR) is 117 cm³/mol. The first-order valence-electron chi connectivity index (χ1n) is 9.32. The summed E-state index contributed by atoms with van der Waals surface area (Å²) >= 11 is 2.39. The monoisotopic (exact) mass is 501 g/mol. The fourth-order valence-electron chi connectivity index (χ4n) is 3.39. The summed E-state index contributed by atoms with van der Waals surface area (Å²) in [6, 6.07) is 10.8. The van der Waals surface area contributed by atoms with E-state index < -0.39 is 17.8 Å². The lowest BCUT2D eigenvalue weighted by Crippen LogP contribution is -2.50. The Balaban J connectivity index is 1.62. The summed E-state index contributed by atoms with van der Waals surface area (Å²) in [5.74, 6) is 0.885. The number of rotatable bonds is 3. The molecule has 0 radical (unpaired) electrons. The van der Waals surface area contributed by atoms with Crippen molar-refractivity contribution in [2.75, 3.05) is 0 Å². The zero-order valence-corrected chi connectivity index (χ0v) is 18.2. The highest BCUT2D eigenvalue weighted by Crippen LogP contribution is 2.42. The van der Waals surface area contributed by atoms with Crippen LogP contribution in [0, 0.1) is 11.3 Å². The number of ether oxygens (including phenoxy) is 2. The summed E-state index contributed by atoms with van der Waals surface area (Å²) < 4.78 is 12.5. The number of nitrogens with zero attached hydrogens (tertiary/aromatic N) is 3. The molecule has 3 atom stereocenters. The van der Waals surface area contributed by atoms with Crippen molar-refractivity contribution < 1.29 is 14.6 Å². The average molecular weight is 501 g/mol. The lowest BCUT2D eigenvalue weighted by Gasteiger charge is -2.41. The van der Waals surface area contributed by atoms with Gasteiger partial charge < -0.3 is 14.6 Å². The zero-order valence-electron chi connectivity index (χ0n) is 16.0. The lowest BCUT2D eigenvalue weighted by molar-refractivity contribution is -0.104. The highest BCUT2D eigenvalue weighted by molar-refractivity contribution is 14.1. The lowest BCUT2D eigenvalue weighted by atomic mass is 9.88. The van der Waals surface area contributed by atoms with Gasteiger partial charge in [0.15, 0.2) is 6.10 Å². The van der Waals surface area contributed by atoms with Crippen LogP contribution >= 0.6 is 22.6 Å². The number of nitriles is 1. The van der Waals surface area contributed by atoms with Gasteiger partial charge in [-0.25, -0.2) is 0 Å². The highest BCUT2D eigenvalue weighted by atomic mass is 127. The van der Waals surface area contributed by atoms with Crippen LogP contribution in [0.25, 0.3) is 5.57 Å². The summed E-state index contributed by atoms with van der Waals surface area (Å²) in [6.07, 6.45) is 5.63. The number of aliphatic hydroxyl groups excluding tert-OH is 1. The summed E-state index contributed by atoms with van der Waals surface area (Å²) in [6.45, 7) is 3.60. The Labute approximate surface area is 183 Å². The van der Waals surface area contributed by atoms with Crippen LogP contribution < -0.4 is 9.47 Å². The molecule has 1 unspecified atom stereocenters. The Morgan fingerprint density at radius 1 is 1.28 bits per heavy atom. The molecular formula is C22H20IN3O3. The van der Waals surface area contributed by atoms with Crippen LogP contribution in [0.2, 0.25) is 0 Å². The van der Waals surface area contributed by atoms with Crippen molar-refractivity contribution in [3.05, 3.63) is 65.4 Å². The number of alkyl halides is 1. The van der Waals surface area contributed by atoms with Gasteiger partial charge in [-0.3, -0.25) is 0 Å². The van der Waals surface area contributed by atoms with E-state index in [4.69, 9.17) is 9.47 Å². The van der Waals surface area contributed by atoms with Crippen LogP contribution in [-0.4, -0.2) is 30.9 Å². The molecule has 6 nitrogen and oxygen atoms in total. The van der Waals surface area contributed by atoms with Crippen LogP contribution in [0.1, 0.15) is 43.2 Å². The van der Waals surface area contributed by atoms with Gasteiger partial charge in [-0.15, -0.1) is 10.2 Å². The molecule has 2 heterocycles. The van der Waals surface area contributed by atoms with Crippen LogP contribution in [0.3, 0.4) is 0 Å². The standard InChI is InChI=1S/C22H20IN3O3/c1-22(2)21(27)20(16-11-13(12-24)3-9-18(16)29-22)28-19-10-8-17(25-26-19)14-4-6-15(23)7-5-14/h3-6,8-11,15,20-21,27H,7H2,1-2H3/t15?,20-,21+/m1/s1. The van der Waals surface area contributed by atoms with Gasteiger partial charge in [0.05, 0.1) is 17.3 Å². The van der Waals surface area contributed by atoms with Crippen LogP contribution in [-0.2, 0) is 0 Å². The molecule has 2 aromatic rings. The molecule has 148 valence electrons. The molecule has 0 saturated heterocycles. The number of hydrogen-bond donors (Lipinski definition) is 1. The van der Waals surface area contributed by atoms with Gasteiger partial charge in [-0.2, -0.15) is 5.26 Å². The van der Waals surface area contributed by atoms with Crippen molar-refractivity contribution in [3.8, 4) is 17.7 Å². The molecular weight excluding hydrogens is 481 g/mol. The fourth-order valence-corrected chi connectivity index (χ4v) is 3.85. The topological polar surface area (TPSA) is 88.3 Å². The summed E-state index contributed by atoms with van der Waals surface area (Å²) in [7, 11) is 0. The molecule has 4 rings (SSSR count). The van der Waals surface area contributed by atoms with Crippen LogP contribution in [0.5, 0.6) is 11.6 Å². The fraction of sp³-hybridized carbons (Fsp3) is 0.318. The van der Waals surface area contributed by atoms with E-state index in [9.17, 15) is 10.4 Å². The Morgan fingerprint density at radius 2 is 2.10 bits per heavy atom. The molecule has 0 fully saturated rings. The maximum absolute atomic E-state index is 10.9. The minimum atomic E-state index is -0.949. The number of fused-ring (bicyclic) bond motifs is 1. The number of halogens is 1. The highest BCUT2D eigenvalue weighted by Gasteiger charge is 2.44. The van der Waals surface area contributed by atoms with Gasteiger partial charge in [0, 0.05) is 15.6 Å². The molecule has 1 aliphatic heterocycles. The first kappa shape index (κ1) is 19.9. The van der Waals surface area contributed by atoms with Crippen LogP contribution in [0.15, 0.2) is 48.6 Å². The number of benzene rings is 1. The Morgan fingerprint density at radius 3 is 2.76 bits per heavy atom. The molecule has 1 N–H and O–H groups in total. The first-order chi connectivity index (χ1) is 13.9. The Bertz CT molecular complexity index is 1020. The number of hydrogen-bond acceptors (Lipinski definition) is 6. The molecule has 1 aromatic carbocycles. The van der Waals surface area contributed by atoms with E-state index in [1.54, 1.807) is 38.1 Å². The van der Waals surface area contributed by atoms with Crippen molar-refractivity contribution in [1.82, 2.24) is 10.2 Å². The molecule has 1 aliphatic carbocycles. The van der Waals surface area contributed by atoms with Gasteiger partial charge in [0.25, 0.3) is 0 Å². The van der Waals surface area contributed by atoms with E-state index in [0.717, 1.165) is 17.7 Å². The molecule has 1 aromatic heterocycles. The minimum Gasteiger partial charge on any atom is -0.485 e. The van der Waals surface area contributed by atoms with Gasteiger partial charge in [0.1, 0.15) is 17.5 Å². The smallest absolute Gasteiger partial charge is 0.234 e. The quantitative estimate of drug-likeness (QED) is 0.503. The van der Waals surface area contributed by atoms with Crippen molar-refractivity contribution in [3.63, 3.8) is 0 Å². The van der Waals surface area contributed by atoms with E-state index in [1.807, 2.05) is 6.07 Å². The third-order valence-corrected chi connectivity index (χ3v) is 5.97. The second kappa shape index (κ2) is 7.76. The second-order valence-corrected chi connectivity index (χ2v) is 9.18. The van der Waals surface area contributed by atoms with E-state index in [-0.39, 0.29) is 0 Å². The van der Waals surface area contributed by atoms with Crippen molar-refractivity contribution in [2.45, 2.75) is 42.0 Å². The van der Waals surface area contributed by atoms with Crippen LogP contribution in [0.4, 0.5) is 0 Å². The molecule has 7 heteroatoms. The van der Waals surface area contributed by atoms with Gasteiger partial charge in [-0.1, -0.05) is 40.8 Å². The third-order valence-electron chi connectivity index (χ3n) is 5.05. The molecule has 0 bridgehead atoms. The number of aliphatic hydroxyl groups is 1. The number of allylic oxidation sites excluding steroid dienone is 4. The van der Waals surface area contributed by atoms with E-state index in [1.165, 1.54) is 0 Å². The molecule has 0 spiro atoms. The summed E-state index contributed by atoms with van der Waals surface area (Å²) in [4.78, 5) is 0. The molecule has 0 saturated carbocycles. The SMILES string of the molecule is CC1(C)Oc2ccc(C#N)cc2[C@@H](Oc2ccc(C3=CCC(I)C=C3)nn2)[C@@H]1O. The van der Waals surface area contributed by atoms with Gasteiger partial charge >= 0.3 is 0 Å². The Hall–Kier alpha value is -2.44. The van der Waals surface area contributed by atoms with E-state index in [2.05, 4.69) is 57.1 Å². The Kier molecular flexibility index (Phi) is 5.32. The molecule has 0 amide bonds. The van der Waals surface area contributed by atoms with Gasteiger partial charge in [-0.05, 0) is 50.1 Å². The van der Waals surface area contributed by atoms with Gasteiger partial charge in [0.2, 0.25) is 5.88 Å². The summed E-state index contributed by atoms with van der Waals surface area (Å²) in [5, 5.41) is 28.6. The maximum Gasteiger partial charge on any atom is 0.234 e. The third kappa shape index (κ3) is 4.00. The van der Waals surface area contributed by atoms with E-state index in [0.29, 0.717) is 26.7 Å². The average Bonchev–Trinajstić information content (AvgIpc) is 2.72. The minimum absolute atomic E-state index is 0.302. The second-order valence-electron chi connectivity index (χ2n) is 7.58. The normalized spacial score (nSPS) is 24.7.